The van der Waals surface area contributed by atoms with E-state index in [4.69, 9.17) is 14.1 Å². The van der Waals surface area contributed by atoms with Gasteiger partial charge < -0.3 is 9.15 Å². The van der Waals surface area contributed by atoms with Gasteiger partial charge in [-0.1, -0.05) is 46.3 Å². The van der Waals surface area contributed by atoms with Crippen LogP contribution >= 0.6 is 15.9 Å². The summed E-state index contributed by atoms with van der Waals surface area (Å²) in [7, 11) is 0. The molecule has 0 aliphatic carbocycles. The van der Waals surface area contributed by atoms with Crippen molar-refractivity contribution in [3.8, 4) is 28.1 Å². The van der Waals surface area contributed by atoms with E-state index in [1.807, 2.05) is 42.5 Å². The van der Waals surface area contributed by atoms with Crippen LogP contribution in [0.1, 0.15) is 5.76 Å². The number of pyridine rings is 1. The fraction of sp³-hybridized carbons (Fsp3) is 0.0357. The Morgan fingerprint density at radius 3 is 2.55 bits per heavy atom. The third-order valence-corrected chi connectivity index (χ3v) is 6.04. The maximum Gasteiger partial charge on any atom is 0.433 e. The molecule has 0 radical (unpaired) electrons. The Bertz CT molecular complexity index is 1650. The third kappa shape index (κ3) is 5.76. The lowest BCUT2D eigenvalue weighted by atomic mass is 9.98. The Hall–Kier alpha value is -4.83. The van der Waals surface area contributed by atoms with E-state index < -0.39 is 16.7 Å². The number of carbonyl (C=O) groups excluding carboxylic acids is 1. The van der Waals surface area contributed by atoms with Crippen molar-refractivity contribution in [3.63, 3.8) is 0 Å². The normalized spacial score (nSPS) is 11.1. The molecule has 9 nitrogen and oxygen atoms in total. The summed E-state index contributed by atoms with van der Waals surface area (Å²) in [6, 6.07) is 28.1. The molecule has 0 saturated carbocycles. The van der Waals surface area contributed by atoms with Crippen molar-refractivity contribution in [3.05, 3.63) is 111 Å². The number of halogens is 1. The van der Waals surface area contributed by atoms with Gasteiger partial charge in [0.25, 0.3) is 5.91 Å². The molecule has 0 saturated heterocycles. The first-order chi connectivity index (χ1) is 18.5. The van der Waals surface area contributed by atoms with E-state index in [1.54, 1.807) is 12.1 Å². The Labute approximate surface area is 225 Å². The van der Waals surface area contributed by atoms with Crippen molar-refractivity contribution in [2.45, 2.75) is 0 Å². The molecule has 0 aliphatic heterocycles. The fourth-order valence-electron chi connectivity index (χ4n) is 3.78. The molecule has 188 valence electrons. The summed E-state index contributed by atoms with van der Waals surface area (Å²) in [6.45, 7) is -0.268. The molecule has 10 heteroatoms. The summed E-state index contributed by atoms with van der Waals surface area (Å²) in [5.74, 6) is -0.268. The van der Waals surface area contributed by atoms with Gasteiger partial charge in [-0.25, -0.2) is 10.4 Å². The highest BCUT2D eigenvalue weighted by molar-refractivity contribution is 9.10. The zero-order valence-corrected chi connectivity index (χ0v) is 21.3. The number of fused-ring (bicyclic) bond motifs is 1. The zero-order chi connectivity index (χ0) is 26.5. The summed E-state index contributed by atoms with van der Waals surface area (Å²) in [5.41, 5.74) is 7.05. The van der Waals surface area contributed by atoms with E-state index in [9.17, 15) is 14.9 Å². The standard InChI is InChI=1S/C28H19BrN4O5/c29-20-8-12-25-24(14-20)23(18-4-2-1-3-5-18)15-26(31-25)19-6-9-21(10-7-19)37-17-27(34)32-30-16-22-11-13-28(38-22)33(35)36/h1-16H,17H2,(H,32,34)/b30-16+. The Balaban J connectivity index is 1.27. The predicted molar refractivity (Wildman–Crippen MR) is 147 cm³/mol. The van der Waals surface area contributed by atoms with Crippen molar-refractivity contribution in [2.75, 3.05) is 6.61 Å². The molecule has 0 bridgehead atoms. The second-order valence-corrected chi connectivity index (χ2v) is 9.04. The van der Waals surface area contributed by atoms with Crippen molar-refractivity contribution in [2.24, 2.45) is 5.10 Å². The highest BCUT2D eigenvalue weighted by atomic mass is 79.9. The summed E-state index contributed by atoms with van der Waals surface area (Å²) < 4.78 is 11.5. The van der Waals surface area contributed by atoms with Crippen LogP contribution in [0, 0.1) is 10.1 Å². The number of nitrogens with zero attached hydrogens (tertiary/aromatic N) is 3. The fourth-order valence-corrected chi connectivity index (χ4v) is 4.14. The lowest BCUT2D eigenvalue weighted by Crippen LogP contribution is -2.24. The second kappa shape index (κ2) is 11.1. The molecule has 0 atom stereocenters. The van der Waals surface area contributed by atoms with Gasteiger partial charge in [0.1, 0.15) is 10.7 Å². The topological polar surface area (TPSA) is 120 Å². The molecule has 1 amide bonds. The number of hydrogen-bond acceptors (Lipinski definition) is 7. The monoisotopic (exact) mass is 570 g/mol. The van der Waals surface area contributed by atoms with Crippen LogP contribution < -0.4 is 10.2 Å². The van der Waals surface area contributed by atoms with Crippen molar-refractivity contribution in [1.82, 2.24) is 10.4 Å². The molecule has 0 fully saturated rings. The van der Waals surface area contributed by atoms with Gasteiger partial charge in [-0.3, -0.25) is 14.9 Å². The highest BCUT2D eigenvalue weighted by Gasteiger charge is 2.12. The molecular formula is C28H19BrN4O5. The van der Waals surface area contributed by atoms with Gasteiger partial charge in [0.2, 0.25) is 0 Å². The summed E-state index contributed by atoms with van der Waals surface area (Å²) >= 11 is 3.56. The van der Waals surface area contributed by atoms with Crippen LogP contribution in [0.25, 0.3) is 33.3 Å². The summed E-state index contributed by atoms with van der Waals surface area (Å²) in [4.78, 5) is 26.9. The summed E-state index contributed by atoms with van der Waals surface area (Å²) in [6.07, 6.45) is 1.17. The smallest absolute Gasteiger partial charge is 0.433 e. The number of hydrogen-bond donors (Lipinski definition) is 1. The van der Waals surface area contributed by atoms with Crippen LogP contribution in [0.4, 0.5) is 5.88 Å². The van der Waals surface area contributed by atoms with Crippen LogP contribution in [0.3, 0.4) is 0 Å². The van der Waals surface area contributed by atoms with Gasteiger partial charge >= 0.3 is 5.88 Å². The average molecular weight is 571 g/mol. The number of nitro groups is 1. The number of benzene rings is 3. The molecule has 1 N–H and O–H groups in total. The second-order valence-electron chi connectivity index (χ2n) is 8.12. The van der Waals surface area contributed by atoms with E-state index in [0.717, 1.165) is 37.8 Å². The lowest BCUT2D eigenvalue weighted by Gasteiger charge is -2.11. The quantitative estimate of drug-likeness (QED) is 0.132. The SMILES string of the molecule is O=C(COc1ccc(-c2cc(-c3ccccc3)c3cc(Br)ccc3n2)cc1)N/N=C/c1ccc([N+](=O)[O-])o1. The molecule has 2 aromatic heterocycles. The van der Waals surface area contributed by atoms with Gasteiger partial charge in [-0.05, 0) is 65.7 Å². The number of nitrogens with one attached hydrogen (secondary N) is 1. The number of ether oxygens (including phenoxy) is 1. The molecule has 5 aromatic rings. The maximum atomic E-state index is 12.0. The van der Waals surface area contributed by atoms with Crippen LogP contribution in [0.15, 0.2) is 105 Å². The van der Waals surface area contributed by atoms with E-state index in [2.05, 4.69) is 50.7 Å². The van der Waals surface area contributed by atoms with Gasteiger partial charge in [0, 0.05) is 15.4 Å². The van der Waals surface area contributed by atoms with E-state index in [1.165, 1.54) is 18.3 Å². The molecule has 38 heavy (non-hydrogen) atoms. The number of rotatable bonds is 8. The Morgan fingerprint density at radius 1 is 1.03 bits per heavy atom. The predicted octanol–water partition coefficient (Wildman–Crippen LogP) is 6.36. The van der Waals surface area contributed by atoms with Gasteiger partial charge in [-0.15, -0.1) is 0 Å². The molecule has 5 rings (SSSR count). The van der Waals surface area contributed by atoms with Crippen LogP contribution in [0.5, 0.6) is 5.75 Å². The maximum absolute atomic E-state index is 12.0. The highest BCUT2D eigenvalue weighted by Crippen LogP contribution is 2.34. The Morgan fingerprint density at radius 2 is 1.82 bits per heavy atom. The molecule has 0 unspecified atom stereocenters. The van der Waals surface area contributed by atoms with E-state index in [0.29, 0.717) is 5.75 Å². The average Bonchev–Trinajstić information content (AvgIpc) is 3.41. The first kappa shape index (κ1) is 24.8. The first-order valence-electron chi connectivity index (χ1n) is 11.4. The van der Waals surface area contributed by atoms with E-state index in [-0.39, 0.29) is 12.4 Å². The summed E-state index contributed by atoms with van der Waals surface area (Å²) in [5, 5.41) is 15.4. The van der Waals surface area contributed by atoms with E-state index >= 15 is 0 Å². The number of furan rings is 1. The van der Waals surface area contributed by atoms with Crippen molar-refractivity contribution in [1.29, 1.82) is 0 Å². The first-order valence-corrected chi connectivity index (χ1v) is 12.2. The molecule has 2 heterocycles. The van der Waals surface area contributed by atoms with Gasteiger partial charge in [-0.2, -0.15) is 5.10 Å². The van der Waals surface area contributed by atoms with Gasteiger partial charge in [0.15, 0.2) is 12.4 Å². The number of carbonyl (C=O) groups is 1. The Kier molecular flexibility index (Phi) is 7.23. The van der Waals surface area contributed by atoms with Crippen molar-refractivity contribution < 1.29 is 18.9 Å². The third-order valence-electron chi connectivity index (χ3n) is 5.55. The molecule has 0 spiro atoms. The number of amides is 1. The van der Waals surface area contributed by atoms with Crippen LogP contribution in [0.2, 0.25) is 0 Å². The van der Waals surface area contributed by atoms with Crippen molar-refractivity contribution >= 4 is 44.8 Å². The number of aromatic nitrogens is 1. The van der Waals surface area contributed by atoms with Gasteiger partial charge in [0.05, 0.1) is 23.5 Å². The largest absolute Gasteiger partial charge is 0.484 e. The zero-order valence-electron chi connectivity index (χ0n) is 19.7. The molecular weight excluding hydrogens is 552 g/mol. The minimum Gasteiger partial charge on any atom is -0.484 e. The minimum atomic E-state index is -0.660. The van der Waals surface area contributed by atoms with Crippen LogP contribution in [-0.4, -0.2) is 28.6 Å². The molecule has 3 aromatic carbocycles. The van der Waals surface area contributed by atoms with Crippen LogP contribution in [-0.2, 0) is 4.79 Å². The minimum absolute atomic E-state index is 0.138. The number of hydrazone groups is 1. The molecule has 0 aliphatic rings. The lowest BCUT2D eigenvalue weighted by molar-refractivity contribution is -0.402.